The molecule has 0 aliphatic rings. The van der Waals surface area contributed by atoms with E-state index in [9.17, 15) is 0 Å². The average Bonchev–Trinajstić information content (AvgIpc) is 2.60. The molecular formula is C12H18ClNS. The summed E-state index contributed by atoms with van der Waals surface area (Å²) in [5, 5.41) is 3.34. The highest BCUT2D eigenvalue weighted by atomic mass is 35.5. The highest BCUT2D eigenvalue weighted by molar-refractivity contribution is 7.09. The van der Waals surface area contributed by atoms with Crippen LogP contribution in [-0.4, -0.2) is 10.9 Å². The summed E-state index contributed by atoms with van der Waals surface area (Å²) in [6.45, 7) is 6.57. The Hall–Kier alpha value is -0.340. The van der Waals surface area contributed by atoms with Crippen LogP contribution in [0, 0.1) is 0 Å². The van der Waals surface area contributed by atoms with E-state index in [1.807, 2.05) is 0 Å². The molecule has 3 heteroatoms. The second-order valence-corrected chi connectivity index (χ2v) is 5.85. The van der Waals surface area contributed by atoms with Crippen LogP contribution < -0.4 is 0 Å². The highest BCUT2D eigenvalue weighted by Crippen LogP contribution is 2.24. The third kappa shape index (κ3) is 4.35. The molecule has 0 radical (unpaired) electrons. The van der Waals surface area contributed by atoms with E-state index < -0.39 is 0 Å². The zero-order valence-electron chi connectivity index (χ0n) is 9.59. The van der Waals surface area contributed by atoms with Gasteiger partial charge in [0.1, 0.15) is 0 Å². The van der Waals surface area contributed by atoms with Crippen molar-refractivity contribution in [2.75, 3.05) is 5.88 Å². The number of halogens is 1. The second kappa shape index (κ2) is 5.66. The Morgan fingerprint density at radius 3 is 2.67 bits per heavy atom. The van der Waals surface area contributed by atoms with Crippen LogP contribution in [0.1, 0.15) is 37.9 Å². The van der Waals surface area contributed by atoms with E-state index in [-0.39, 0.29) is 5.41 Å². The predicted molar refractivity (Wildman–Crippen MR) is 69.0 cm³/mol. The molecule has 0 spiro atoms. The van der Waals surface area contributed by atoms with Gasteiger partial charge in [0.05, 0.1) is 10.7 Å². The summed E-state index contributed by atoms with van der Waals surface area (Å²) >= 11 is 7.32. The van der Waals surface area contributed by atoms with Gasteiger partial charge in [0.25, 0.3) is 0 Å². The maximum atomic E-state index is 5.58. The lowest BCUT2D eigenvalue weighted by molar-refractivity contribution is 0.571. The molecule has 84 valence electrons. The molecule has 0 aromatic carbocycles. The van der Waals surface area contributed by atoms with Gasteiger partial charge in [-0.05, 0) is 6.42 Å². The molecule has 0 N–H and O–H groups in total. The first-order valence-electron chi connectivity index (χ1n) is 5.20. The molecule has 1 aromatic heterocycles. The van der Waals surface area contributed by atoms with E-state index in [1.54, 1.807) is 11.3 Å². The van der Waals surface area contributed by atoms with Crippen LogP contribution in [0.15, 0.2) is 17.5 Å². The van der Waals surface area contributed by atoms with Gasteiger partial charge in [-0.25, -0.2) is 4.98 Å². The van der Waals surface area contributed by atoms with Crippen LogP contribution in [0.2, 0.25) is 0 Å². The molecule has 0 unspecified atom stereocenters. The first-order valence-corrected chi connectivity index (χ1v) is 6.61. The molecule has 0 amide bonds. The topological polar surface area (TPSA) is 12.9 Å². The maximum absolute atomic E-state index is 5.58. The van der Waals surface area contributed by atoms with Crippen LogP contribution >= 0.6 is 22.9 Å². The number of alkyl halides is 1. The van der Waals surface area contributed by atoms with E-state index in [4.69, 9.17) is 11.6 Å². The number of hydrogen-bond donors (Lipinski definition) is 0. The van der Waals surface area contributed by atoms with Gasteiger partial charge >= 0.3 is 0 Å². The fourth-order valence-corrected chi connectivity index (χ4v) is 2.24. The molecule has 0 aliphatic heterocycles. The zero-order chi connectivity index (χ0) is 11.3. The molecule has 0 aliphatic carbocycles. The molecule has 1 heterocycles. The molecule has 0 saturated heterocycles. The number of nitrogens with zero attached hydrogens (tertiary/aromatic N) is 1. The normalized spacial score (nSPS) is 12.5. The van der Waals surface area contributed by atoms with Gasteiger partial charge in [0.2, 0.25) is 0 Å². The van der Waals surface area contributed by atoms with Gasteiger partial charge in [0, 0.05) is 23.1 Å². The monoisotopic (exact) mass is 243 g/mol. The molecular weight excluding hydrogens is 226 g/mol. The van der Waals surface area contributed by atoms with Gasteiger partial charge in [-0.3, -0.25) is 0 Å². The molecule has 0 bridgehead atoms. The van der Waals surface area contributed by atoms with Crippen molar-refractivity contribution >= 4 is 22.9 Å². The summed E-state index contributed by atoms with van der Waals surface area (Å²) in [5.41, 5.74) is 1.35. The quantitative estimate of drug-likeness (QED) is 0.572. The maximum Gasteiger partial charge on any atom is 0.0966 e. The Labute approximate surface area is 101 Å². The third-order valence-electron chi connectivity index (χ3n) is 2.06. The number of rotatable bonds is 4. The molecule has 0 fully saturated rings. The summed E-state index contributed by atoms with van der Waals surface area (Å²) in [5.74, 6) is 0.696. The Morgan fingerprint density at radius 1 is 1.40 bits per heavy atom. The number of thiazole rings is 1. The average molecular weight is 244 g/mol. The van der Waals surface area contributed by atoms with E-state index >= 15 is 0 Å². The first kappa shape index (κ1) is 12.7. The Morgan fingerprint density at radius 2 is 2.13 bits per heavy atom. The van der Waals surface area contributed by atoms with Crippen LogP contribution in [0.4, 0.5) is 0 Å². The summed E-state index contributed by atoms with van der Waals surface area (Å²) in [6.07, 6.45) is 6.13. The smallest absolute Gasteiger partial charge is 0.0966 e. The lowest BCUT2D eigenvalue weighted by Crippen LogP contribution is -2.11. The zero-order valence-corrected chi connectivity index (χ0v) is 11.2. The standard InChI is InChI=1S/C12H18ClNS/c1-12(2,3)10-9-15-11(14-10)7-5-4-6-8-13/h4-5,9H,6-8H2,1-3H3. The summed E-state index contributed by atoms with van der Waals surface area (Å²) in [6, 6.07) is 0. The van der Waals surface area contributed by atoms with E-state index in [0.717, 1.165) is 12.8 Å². The van der Waals surface area contributed by atoms with Crippen molar-refractivity contribution in [3.8, 4) is 0 Å². The van der Waals surface area contributed by atoms with Gasteiger partial charge in [-0.2, -0.15) is 0 Å². The third-order valence-corrected chi connectivity index (χ3v) is 3.14. The number of hydrogen-bond acceptors (Lipinski definition) is 2. The summed E-state index contributed by atoms with van der Waals surface area (Å²) in [7, 11) is 0. The van der Waals surface area contributed by atoms with Crippen molar-refractivity contribution in [1.29, 1.82) is 0 Å². The van der Waals surface area contributed by atoms with E-state index in [2.05, 4.69) is 43.3 Å². The first-order chi connectivity index (χ1) is 7.04. The molecule has 1 rings (SSSR count). The largest absolute Gasteiger partial charge is 0.245 e. The van der Waals surface area contributed by atoms with Crippen LogP contribution in [-0.2, 0) is 11.8 Å². The van der Waals surface area contributed by atoms with Crippen molar-refractivity contribution in [2.24, 2.45) is 0 Å². The van der Waals surface area contributed by atoms with E-state index in [1.165, 1.54) is 10.7 Å². The second-order valence-electron chi connectivity index (χ2n) is 4.53. The fourth-order valence-electron chi connectivity index (χ4n) is 1.11. The van der Waals surface area contributed by atoms with Crippen molar-refractivity contribution < 1.29 is 0 Å². The van der Waals surface area contributed by atoms with Crippen LogP contribution in [0.25, 0.3) is 0 Å². The number of aromatic nitrogens is 1. The van der Waals surface area contributed by atoms with Crippen molar-refractivity contribution in [2.45, 2.75) is 39.0 Å². The van der Waals surface area contributed by atoms with Gasteiger partial charge in [-0.1, -0.05) is 32.9 Å². The van der Waals surface area contributed by atoms with Gasteiger partial charge in [-0.15, -0.1) is 22.9 Å². The van der Waals surface area contributed by atoms with Gasteiger partial charge < -0.3 is 0 Å². The lowest BCUT2D eigenvalue weighted by Gasteiger charge is -2.14. The minimum Gasteiger partial charge on any atom is -0.245 e. The minimum atomic E-state index is 0.161. The highest BCUT2D eigenvalue weighted by Gasteiger charge is 2.16. The predicted octanol–water partition coefficient (Wildman–Crippen LogP) is 4.17. The lowest BCUT2D eigenvalue weighted by atomic mass is 9.93. The Kier molecular flexibility index (Phi) is 4.81. The summed E-state index contributed by atoms with van der Waals surface area (Å²) in [4.78, 5) is 4.61. The minimum absolute atomic E-state index is 0.161. The van der Waals surface area contributed by atoms with Gasteiger partial charge in [0.15, 0.2) is 0 Å². The number of allylic oxidation sites excluding steroid dienone is 2. The van der Waals surface area contributed by atoms with Crippen molar-refractivity contribution in [3.05, 3.63) is 28.2 Å². The molecule has 15 heavy (non-hydrogen) atoms. The summed E-state index contributed by atoms with van der Waals surface area (Å²) < 4.78 is 0. The van der Waals surface area contributed by atoms with E-state index in [0.29, 0.717) is 5.88 Å². The Balaban J connectivity index is 2.54. The van der Waals surface area contributed by atoms with Crippen molar-refractivity contribution in [1.82, 2.24) is 4.98 Å². The van der Waals surface area contributed by atoms with Crippen LogP contribution in [0.3, 0.4) is 0 Å². The van der Waals surface area contributed by atoms with Crippen molar-refractivity contribution in [3.63, 3.8) is 0 Å². The SMILES string of the molecule is CC(C)(C)c1csc(CC=CCCCl)n1. The molecule has 1 aromatic rings. The Bertz CT molecular complexity index is 323. The van der Waals surface area contributed by atoms with Crippen LogP contribution in [0.5, 0.6) is 0 Å². The fraction of sp³-hybridized carbons (Fsp3) is 0.583. The molecule has 0 atom stereocenters. The molecule has 0 saturated carbocycles. The molecule has 1 nitrogen and oxygen atoms in total.